The Morgan fingerprint density at radius 1 is 0.903 bits per heavy atom. The van der Waals surface area contributed by atoms with Crippen LogP contribution in [-0.4, -0.2) is 30.0 Å². The minimum absolute atomic E-state index is 0.00128. The highest BCUT2D eigenvalue weighted by atomic mass is 32.2. The van der Waals surface area contributed by atoms with E-state index in [-0.39, 0.29) is 30.3 Å². The SMILES string of the molecule is O=C(CCCS(=O)(=O)Cc1ccccc1)Nc1ccc(-c2nc3ccccc3[nH]2)cc1. The Morgan fingerprint density at radius 3 is 2.35 bits per heavy atom. The third-order valence-electron chi connectivity index (χ3n) is 4.92. The number of rotatable bonds is 8. The molecule has 0 spiro atoms. The molecule has 0 aliphatic carbocycles. The Balaban J connectivity index is 1.28. The first-order valence-electron chi connectivity index (χ1n) is 10.1. The number of nitrogens with zero attached hydrogens (tertiary/aromatic N) is 1. The summed E-state index contributed by atoms with van der Waals surface area (Å²) < 4.78 is 24.5. The van der Waals surface area contributed by atoms with E-state index in [1.165, 1.54) is 0 Å². The topological polar surface area (TPSA) is 91.9 Å². The van der Waals surface area contributed by atoms with Crippen LogP contribution in [0.2, 0.25) is 0 Å². The van der Waals surface area contributed by atoms with Gasteiger partial charge in [0, 0.05) is 17.7 Å². The Hall–Kier alpha value is -3.45. The number of fused-ring (bicyclic) bond motifs is 1. The number of carbonyl (C=O) groups excluding carboxylic acids is 1. The van der Waals surface area contributed by atoms with Crippen molar-refractivity contribution in [1.29, 1.82) is 0 Å². The molecule has 0 saturated carbocycles. The molecule has 4 aromatic rings. The predicted molar refractivity (Wildman–Crippen MR) is 123 cm³/mol. The van der Waals surface area contributed by atoms with Crippen LogP contribution in [0.1, 0.15) is 18.4 Å². The fourth-order valence-electron chi connectivity index (χ4n) is 3.38. The van der Waals surface area contributed by atoms with Gasteiger partial charge in [-0.2, -0.15) is 0 Å². The molecule has 1 heterocycles. The molecule has 0 unspecified atom stereocenters. The lowest BCUT2D eigenvalue weighted by molar-refractivity contribution is -0.116. The van der Waals surface area contributed by atoms with Gasteiger partial charge >= 0.3 is 0 Å². The first kappa shape index (κ1) is 20.8. The highest BCUT2D eigenvalue weighted by Gasteiger charge is 2.13. The van der Waals surface area contributed by atoms with E-state index in [1.54, 1.807) is 12.1 Å². The number of anilines is 1. The fraction of sp³-hybridized carbons (Fsp3) is 0.167. The number of aromatic nitrogens is 2. The van der Waals surface area contributed by atoms with E-state index in [4.69, 9.17) is 0 Å². The Bertz CT molecular complexity index is 1250. The second kappa shape index (κ2) is 9.14. The van der Waals surface area contributed by atoms with Crippen LogP contribution in [0.25, 0.3) is 22.4 Å². The Kier molecular flexibility index (Phi) is 6.13. The first-order valence-corrected chi connectivity index (χ1v) is 11.9. The first-order chi connectivity index (χ1) is 15.0. The normalized spacial score (nSPS) is 11.5. The maximum atomic E-state index is 12.2. The van der Waals surface area contributed by atoms with E-state index in [0.29, 0.717) is 5.69 Å². The highest BCUT2D eigenvalue weighted by Crippen LogP contribution is 2.22. The standard InChI is InChI=1S/C24H23N3O3S/c28-23(11-6-16-31(29,30)17-18-7-2-1-3-8-18)25-20-14-12-19(13-15-20)24-26-21-9-4-5-10-22(21)27-24/h1-5,7-10,12-15H,6,11,16-17H2,(H,25,28)(H,26,27). The minimum atomic E-state index is -3.24. The number of hydrogen-bond acceptors (Lipinski definition) is 4. The van der Waals surface area contributed by atoms with E-state index in [9.17, 15) is 13.2 Å². The second-order valence-electron chi connectivity index (χ2n) is 7.41. The van der Waals surface area contributed by atoms with Crippen molar-refractivity contribution in [2.75, 3.05) is 11.1 Å². The van der Waals surface area contributed by atoms with Crippen molar-refractivity contribution in [3.8, 4) is 11.4 Å². The van der Waals surface area contributed by atoms with Gasteiger partial charge in [-0.05, 0) is 48.4 Å². The van der Waals surface area contributed by atoms with Crippen molar-refractivity contribution < 1.29 is 13.2 Å². The lowest BCUT2D eigenvalue weighted by atomic mass is 10.2. The molecule has 4 rings (SSSR count). The summed E-state index contributed by atoms with van der Waals surface area (Å²) in [6, 6.07) is 24.3. The van der Waals surface area contributed by atoms with Crippen LogP contribution < -0.4 is 5.32 Å². The van der Waals surface area contributed by atoms with Gasteiger partial charge in [-0.3, -0.25) is 4.79 Å². The lowest BCUT2D eigenvalue weighted by Crippen LogP contribution is -2.15. The average molecular weight is 434 g/mol. The number of nitrogens with one attached hydrogen (secondary N) is 2. The monoisotopic (exact) mass is 433 g/mol. The molecule has 0 fully saturated rings. The molecule has 1 aromatic heterocycles. The Morgan fingerprint density at radius 2 is 1.61 bits per heavy atom. The zero-order chi connectivity index (χ0) is 21.7. The zero-order valence-electron chi connectivity index (χ0n) is 16.9. The zero-order valence-corrected chi connectivity index (χ0v) is 17.7. The van der Waals surface area contributed by atoms with Crippen molar-refractivity contribution >= 4 is 32.5 Å². The van der Waals surface area contributed by atoms with Crippen molar-refractivity contribution in [2.45, 2.75) is 18.6 Å². The molecular formula is C24H23N3O3S. The fourth-order valence-corrected chi connectivity index (χ4v) is 4.81. The van der Waals surface area contributed by atoms with Gasteiger partial charge in [0.05, 0.1) is 22.5 Å². The number of imidazole rings is 1. The van der Waals surface area contributed by atoms with Gasteiger partial charge in [0.15, 0.2) is 9.84 Å². The molecule has 0 aliphatic rings. The predicted octanol–water partition coefficient (Wildman–Crippen LogP) is 4.56. The maximum Gasteiger partial charge on any atom is 0.224 e. The number of aromatic amines is 1. The molecule has 7 heteroatoms. The van der Waals surface area contributed by atoms with Crippen molar-refractivity contribution in [2.24, 2.45) is 0 Å². The molecule has 3 aromatic carbocycles. The third-order valence-corrected chi connectivity index (χ3v) is 6.60. The summed E-state index contributed by atoms with van der Waals surface area (Å²) in [4.78, 5) is 20.0. The van der Waals surface area contributed by atoms with E-state index >= 15 is 0 Å². The lowest BCUT2D eigenvalue weighted by Gasteiger charge is -2.07. The molecule has 1 amide bonds. The van der Waals surface area contributed by atoms with Crippen molar-refractivity contribution in [3.63, 3.8) is 0 Å². The summed E-state index contributed by atoms with van der Waals surface area (Å²) in [6.45, 7) is 0. The van der Waals surface area contributed by atoms with Crippen LogP contribution in [0.4, 0.5) is 5.69 Å². The van der Waals surface area contributed by atoms with Gasteiger partial charge < -0.3 is 10.3 Å². The summed E-state index contributed by atoms with van der Waals surface area (Å²) in [6.07, 6.45) is 0.442. The van der Waals surface area contributed by atoms with Crippen LogP contribution in [0.15, 0.2) is 78.9 Å². The summed E-state index contributed by atoms with van der Waals surface area (Å²) >= 11 is 0. The summed E-state index contributed by atoms with van der Waals surface area (Å²) in [5, 5.41) is 2.82. The molecule has 2 N–H and O–H groups in total. The molecule has 6 nitrogen and oxygen atoms in total. The number of carbonyl (C=O) groups is 1. The van der Waals surface area contributed by atoms with Crippen molar-refractivity contribution in [1.82, 2.24) is 9.97 Å². The van der Waals surface area contributed by atoms with Gasteiger partial charge in [0.2, 0.25) is 5.91 Å². The summed E-state index contributed by atoms with van der Waals surface area (Å²) in [5.41, 5.74) is 4.21. The highest BCUT2D eigenvalue weighted by molar-refractivity contribution is 7.90. The third kappa shape index (κ3) is 5.58. The number of sulfone groups is 1. The van der Waals surface area contributed by atoms with Crippen molar-refractivity contribution in [3.05, 3.63) is 84.4 Å². The average Bonchev–Trinajstić information content (AvgIpc) is 3.19. The van der Waals surface area contributed by atoms with Gasteiger partial charge in [-0.1, -0.05) is 42.5 Å². The molecule has 31 heavy (non-hydrogen) atoms. The molecule has 0 atom stereocenters. The molecule has 158 valence electrons. The van der Waals surface area contributed by atoms with Crippen LogP contribution in [0.3, 0.4) is 0 Å². The number of benzene rings is 3. The Labute approximate surface area is 181 Å². The number of amides is 1. The van der Waals surface area contributed by atoms with E-state index < -0.39 is 9.84 Å². The van der Waals surface area contributed by atoms with E-state index in [0.717, 1.165) is 28.0 Å². The molecule has 0 aliphatic heterocycles. The smallest absolute Gasteiger partial charge is 0.224 e. The minimum Gasteiger partial charge on any atom is -0.338 e. The van der Waals surface area contributed by atoms with Gasteiger partial charge in [0.1, 0.15) is 5.82 Å². The van der Waals surface area contributed by atoms with Crippen LogP contribution in [0, 0.1) is 0 Å². The quantitative estimate of drug-likeness (QED) is 0.426. The van der Waals surface area contributed by atoms with E-state index in [1.807, 2.05) is 66.7 Å². The largest absolute Gasteiger partial charge is 0.338 e. The summed E-state index contributed by atoms with van der Waals surface area (Å²) in [5.74, 6) is 0.549. The van der Waals surface area contributed by atoms with Gasteiger partial charge in [0.25, 0.3) is 0 Å². The molecular weight excluding hydrogens is 410 g/mol. The molecule has 0 radical (unpaired) electrons. The van der Waals surface area contributed by atoms with Crippen LogP contribution in [-0.2, 0) is 20.4 Å². The van der Waals surface area contributed by atoms with Crippen LogP contribution in [0.5, 0.6) is 0 Å². The number of para-hydroxylation sites is 2. The number of hydrogen-bond donors (Lipinski definition) is 2. The van der Waals surface area contributed by atoms with Crippen LogP contribution >= 0.6 is 0 Å². The van der Waals surface area contributed by atoms with E-state index in [2.05, 4.69) is 15.3 Å². The summed E-state index contributed by atoms with van der Waals surface area (Å²) in [7, 11) is -3.24. The second-order valence-corrected chi connectivity index (χ2v) is 9.59. The maximum absolute atomic E-state index is 12.2. The molecule has 0 saturated heterocycles. The van der Waals surface area contributed by atoms with Gasteiger partial charge in [-0.25, -0.2) is 13.4 Å². The molecule has 0 bridgehead atoms. The van der Waals surface area contributed by atoms with Gasteiger partial charge in [-0.15, -0.1) is 0 Å². The number of H-pyrrole nitrogens is 1.